The van der Waals surface area contributed by atoms with Crippen LogP contribution in [0.25, 0.3) is 16.6 Å². The number of nitrogens with zero attached hydrogens (tertiary/aromatic N) is 5. The number of fused-ring (bicyclic) bond motifs is 1. The minimum atomic E-state index is -0.498. The monoisotopic (exact) mass is 591 g/mol. The summed E-state index contributed by atoms with van der Waals surface area (Å²) in [4.78, 5) is 36.7. The van der Waals surface area contributed by atoms with Crippen LogP contribution in [0.15, 0.2) is 36.8 Å². The van der Waals surface area contributed by atoms with Crippen LogP contribution in [0.2, 0.25) is 0 Å². The predicted molar refractivity (Wildman–Crippen MR) is 167 cm³/mol. The number of rotatable bonds is 6. The Morgan fingerprint density at radius 3 is 2.63 bits per heavy atom. The molecule has 2 amide bonds. The number of amides is 2. The Morgan fingerprint density at radius 2 is 1.91 bits per heavy atom. The number of benzene rings is 1. The molecule has 2 atom stereocenters. The van der Waals surface area contributed by atoms with Crippen LogP contribution in [0.5, 0.6) is 0 Å². The highest BCUT2D eigenvalue weighted by Gasteiger charge is 2.34. The van der Waals surface area contributed by atoms with Gasteiger partial charge in [-0.25, -0.2) is 9.18 Å². The van der Waals surface area contributed by atoms with E-state index in [1.165, 1.54) is 17.7 Å². The van der Waals surface area contributed by atoms with Gasteiger partial charge in [0, 0.05) is 56.5 Å². The summed E-state index contributed by atoms with van der Waals surface area (Å²) >= 11 is 0. The minimum Gasteiger partial charge on any atom is -0.444 e. The standard InChI is InChI=1S/C34H46FN5O3/c1-22(2)37(7)32(41)28-16-26(35)10-11-29(28)40-20-25(31-23(3)17-36-18-30(31)40)15-24-12-14-38(19-24)27-9-8-13-39(21-27)33(42)43-34(4,5)6/h10-11,16-18,20,22,24,27H,8-9,12-15,19,21H2,1-7H3/t24-,27?/m0/s1. The first-order valence-corrected chi connectivity index (χ1v) is 15.6. The molecule has 2 aliphatic heterocycles. The van der Waals surface area contributed by atoms with Gasteiger partial charge >= 0.3 is 6.09 Å². The zero-order chi connectivity index (χ0) is 31.1. The Labute approximate surface area is 254 Å². The lowest BCUT2D eigenvalue weighted by atomic mass is 9.97. The molecular formula is C34H46FN5O3. The number of hydrogen-bond acceptors (Lipinski definition) is 5. The highest BCUT2D eigenvalue weighted by atomic mass is 19.1. The Bertz CT molecular complexity index is 1490. The van der Waals surface area contributed by atoms with Crippen LogP contribution in [0.1, 0.15) is 75.4 Å². The van der Waals surface area contributed by atoms with Crippen LogP contribution < -0.4 is 0 Å². The van der Waals surface area contributed by atoms with E-state index >= 15 is 0 Å². The zero-order valence-corrected chi connectivity index (χ0v) is 26.7. The van der Waals surface area contributed by atoms with E-state index in [0.717, 1.165) is 61.8 Å². The first-order chi connectivity index (χ1) is 20.3. The van der Waals surface area contributed by atoms with E-state index in [2.05, 4.69) is 23.0 Å². The molecule has 1 aromatic carbocycles. The normalized spacial score (nSPS) is 19.8. The summed E-state index contributed by atoms with van der Waals surface area (Å²) in [6.45, 7) is 15.1. The molecule has 3 aromatic rings. The fourth-order valence-corrected chi connectivity index (χ4v) is 6.53. The number of aromatic nitrogens is 2. The van der Waals surface area contributed by atoms with Gasteiger partial charge in [-0.15, -0.1) is 0 Å². The summed E-state index contributed by atoms with van der Waals surface area (Å²) in [5.74, 6) is -0.188. The number of carbonyl (C=O) groups is 2. The number of pyridine rings is 1. The molecule has 0 spiro atoms. The third-order valence-corrected chi connectivity index (χ3v) is 8.92. The average molecular weight is 592 g/mol. The summed E-state index contributed by atoms with van der Waals surface area (Å²) in [6.07, 6.45) is 9.66. The van der Waals surface area contributed by atoms with Crippen molar-refractivity contribution in [1.29, 1.82) is 0 Å². The van der Waals surface area contributed by atoms with Crippen molar-refractivity contribution in [3.63, 3.8) is 0 Å². The number of halogens is 1. The van der Waals surface area contributed by atoms with Crippen molar-refractivity contribution in [2.75, 3.05) is 33.2 Å². The number of ether oxygens (including phenoxy) is 1. The van der Waals surface area contributed by atoms with Gasteiger partial charge in [-0.05, 0) is 109 Å². The van der Waals surface area contributed by atoms with E-state index in [0.29, 0.717) is 29.8 Å². The fourth-order valence-electron chi connectivity index (χ4n) is 6.53. The van der Waals surface area contributed by atoms with Crippen molar-refractivity contribution in [1.82, 2.24) is 24.3 Å². The van der Waals surface area contributed by atoms with Crippen LogP contribution in [-0.2, 0) is 11.2 Å². The van der Waals surface area contributed by atoms with E-state index in [9.17, 15) is 14.0 Å². The molecule has 232 valence electrons. The Kier molecular flexibility index (Phi) is 8.84. The minimum absolute atomic E-state index is 0.0183. The predicted octanol–water partition coefficient (Wildman–Crippen LogP) is 6.22. The molecule has 0 aliphatic carbocycles. The number of hydrogen-bond donors (Lipinski definition) is 0. The van der Waals surface area contributed by atoms with Crippen LogP contribution in [0.3, 0.4) is 0 Å². The maximum Gasteiger partial charge on any atom is 0.410 e. The topological polar surface area (TPSA) is 70.9 Å². The molecule has 8 nitrogen and oxygen atoms in total. The van der Waals surface area contributed by atoms with Gasteiger partial charge in [0.1, 0.15) is 11.4 Å². The molecule has 1 unspecified atom stereocenters. The molecule has 2 aliphatic rings. The van der Waals surface area contributed by atoms with Gasteiger partial charge < -0.3 is 19.1 Å². The molecule has 2 aromatic heterocycles. The first-order valence-electron chi connectivity index (χ1n) is 15.6. The van der Waals surface area contributed by atoms with Gasteiger partial charge in [0.2, 0.25) is 0 Å². The third-order valence-electron chi connectivity index (χ3n) is 8.92. The lowest BCUT2D eigenvalue weighted by Crippen LogP contribution is -2.50. The van der Waals surface area contributed by atoms with E-state index in [-0.39, 0.29) is 18.0 Å². The molecular weight excluding hydrogens is 545 g/mol. The molecule has 0 bridgehead atoms. The van der Waals surface area contributed by atoms with E-state index in [4.69, 9.17) is 4.74 Å². The summed E-state index contributed by atoms with van der Waals surface area (Å²) in [7, 11) is 1.75. The van der Waals surface area contributed by atoms with E-state index < -0.39 is 11.4 Å². The van der Waals surface area contributed by atoms with E-state index in [1.807, 2.05) is 56.5 Å². The van der Waals surface area contributed by atoms with Gasteiger partial charge in [0.05, 0.1) is 23.0 Å². The second-order valence-corrected chi connectivity index (χ2v) is 13.6. The Morgan fingerprint density at radius 1 is 1.14 bits per heavy atom. The van der Waals surface area contributed by atoms with Crippen molar-refractivity contribution in [2.24, 2.45) is 5.92 Å². The summed E-state index contributed by atoms with van der Waals surface area (Å²) in [5.41, 5.74) is 3.69. The Balaban J connectivity index is 1.38. The molecule has 0 N–H and O–H groups in total. The highest BCUT2D eigenvalue weighted by Crippen LogP contribution is 2.33. The lowest BCUT2D eigenvalue weighted by Gasteiger charge is -2.38. The highest BCUT2D eigenvalue weighted by molar-refractivity contribution is 5.99. The summed E-state index contributed by atoms with van der Waals surface area (Å²) < 4.78 is 22.1. The average Bonchev–Trinajstić information content (AvgIpc) is 3.57. The van der Waals surface area contributed by atoms with Crippen LogP contribution in [0.4, 0.5) is 9.18 Å². The number of piperidine rings is 1. The van der Waals surface area contributed by atoms with Gasteiger partial charge in [-0.2, -0.15) is 0 Å². The fraction of sp³-hybridized carbons (Fsp3) is 0.559. The largest absolute Gasteiger partial charge is 0.444 e. The van der Waals surface area contributed by atoms with Crippen molar-refractivity contribution in [2.45, 2.75) is 84.9 Å². The van der Waals surface area contributed by atoms with Crippen molar-refractivity contribution >= 4 is 22.9 Å². The smallest absolute Gasteiger partial charge is 0.410 e. The maximum absolute atomic E-state index is 14.4. The quantitative estimate of drug-likeness (QED) is 0.341. The zero-order valence-electron chi connectivity index (χ0n) is 26.7. The maximum atomic E-state index is 14.4. The molecule has 0 radical (unpaired) electrons. The number of carbonyl (C=O) groups excluding carboxylic acids is 2. The first kappa shape index (κ1) is 31.0. The summed E-state index contributed by atoms with van der Waals surface area (Å²) in [5, 5.41) is 1.14. The molecule has 2 fully saturated rings. The second-order valence-electron chi connectivity index (χ2n) is 13.6. The summed E-state index contributed by atoms with van der Waals surface area (Å²) in [6, 6.07) is 4.76. The van der Waals surface area contributed by atoms with Crippen molar-refractivity contribution in [3.05, 3.63) is 59.3 Å². The van der Waals surface area contributed by atoms with Crippen molar-refractivity contribution < 1.29 is 18.7 Å². The van der Waals surface area contributed by atoms with Crippen LogP contribution in [-0.4, -0.2) is 87.2 Å². The number of likely N-dealkylation sites (tertiary alicyclic amines) is 2. The number of aryl methyl sites for hydroxylation is 1. The second kappa shape index (κ2) is 12.3. The van der Waals surface area contributed by atoms with E-state index in [1.54, 1.807) is 18.0 Å². The molecule has 2 saturated heterocycles. The molecule has 4 heterocycles. The van der Waals surface area contributed by atoms with Gasteiger partial charge in [0.25, 0.3) is 5.91 Å². The van der Waals surface area contributed by atoms with Crippen LogP contribution in [0, 0.1) is 18.7 Å². The third kappa shape index (κ3) is 6.71. The van der Waals surface area contributed by atoms with Gasteiger partial charge in [-0.1, -0.05) is 0 Å². The lowest BCUT2D eigenvalue weighted by molar-refractivity contribution is 0.0121. The molecule has 9 heteroatoms. The molecule has 5 rings (SSSR count). The SMILES string of the molecule is Cc1cncc2c1c(C[C@@H]1CCN(C3CCCN(C(=O)OC(C)(C)C)C3)C1)cn2-c1ccc(F)cc1C(=O)N(C)C(C)C. The van der Waals surface area contributed by atoms with Gasteiger partial charge in [-0.3, -0.25) is 14.7 Å². The van der Waals surface area contributed by atoms with Crippen LogP contribution >= 0.6 is 0 Å². The van der Waals surface area contributed by atoms with Crippen molar-refractivity contribution in [3.8, 4) is 5.69 Å². The van der Waals surface area contributed by atoms with Gasteiger partial charge in [0.15, 0.2) is 0 Å². The molecule has 43 heavy (non-hydrogen) atoms. The molecule has 0 saturated carbocycles. The Hall–Kier alpha value is -3.46.